The third-order valence-corrected chi connectivity index (χ3v) is 4.92. The molecule has 138 valence electrons. The van der Waals surface area contributed by atoms with Crippen molar-refractivity contribution in [2.45, 2.75) is 38.9 Å². The zero-order valence-corrected chi connectivity index (χ0v) is 15.3. The van der Waals surface area contributed by atoms with Crippen LogP contribution in [0.1, 0.15) is 24.4 Å². The summed E-state index contributed by atoms with van der Waals surface area (Å²) in [6.07, 6.45) is 7.43. The van der Waals surface area contributed by atoms with E-state index < -0.39 is 0 Å². The van der Waals surface area contributed by atoms with Gasteiger partial charge in [0.2, 0.25) is 0 Å². The molecule has 1 unspecified atom stereocenters. The van der Waals surface area contributed by atoms with Crippen LogP contribution in [-0.2, 0) is 13.1 Å². The van der Waals surface area contributed by atoms with E-state index in [0.29, 0.717) is 6.54 Å². The fraction of sp³-hybridized carbons (Fsp3) is 0.350. The van der Waals surface area contributed by atoms with Crippen molar-refractivity contribution >= 4 is 0 Å². The summed E-state index contributed by atoms with van der Waals surface area (Å²) in [5.41, 5.74) is 2.68. The van der Waals surface area contributed by atoms with Crippen molar-refractivity contribution in [3.63, 3.8) is 0 Å². The second-order valence-electron chi connectivity index (χ2n) is 6.84. The van der Waals surface area contributed by atoms with E-state index in [0.717, 1.165) is 48.7 Å². The number of pyridine rings is 1. The Kier molecular flexibility index (Phi) is 5.02. The van der Waals surface area contributed by atoms with Crippen molar-refractivity contribution in [1.29, 1.82) is 0 Å². The number of aromatic nitrogens is 5. The number of rotatable bonds is 5. The minimum atomic E-state index is -0.0717. The maximum atomic E-state index is 12.3. The van der Waals surface area contributed by atoms with Gasteiger partial charge in [-0.2, -0.15) is 5.10 Å². The minimum absolute atomic E-state index is 0.0717. The van der Waals surface area contributed by atoms with Crippen LogP contribution >= 0.6 is 0 Å². The molecule has 0 N–H and O–H groups in total. The molecule has 1 fully saturated rings. The third-order valence-electron chi connectivity index (χ3n) is 4.92. The van der Waals surface area contributed by atoms with Crippen LogP contribution in [0.15, 0.2) is 53.7 Å². The summed E-state index contributed by atoms with van der Waals surface area (Å²) in [4.78, 5) is 27.4. The van der Waals surface area contributed by atoms with Gasteiger partial charge in [-0.1, -0.05) is 0 Å². The maximum Gasteiger partial charge on any atom is 0.266 e. The quantitative estimate of drug-likeness (QED) is 0.691. The molecule has 7 heteroatoms. The Labute approximate surface area is 157 Å². The monoisotopic (exact) mass is 362 g/mol. The Morgan fingerprint density at radius 1 is 1.11 bits per heavy atom. The summed E-state index contributed by atoms with van der Waals surface area (Å²) in [5.74, 6) is 0.784. The topological polar surface area (TPSA) is 76.8 Å². The fourth-order valence-corrected chi connectivity index (χ4v) is 3.57. The first-order chi connectivity index (χ1) is 13.2. The average Bonchev–Trinajstić information content (AvgIpc) is 3.11. The predicted molar refractivity (Wildman–Crippen MR) is 102 cm³/mol. The lowest BCUT2D eigenvalue weighted by molar-refractivity contribution is 0.214. The molecule has 1 aliphatic rings. The van der Waals surface area contributed by atoms with E-state index in [1.54, 1.807) is 35.4 Å². The zero-order valence-electron chi connectivity index (χ0n) is 15.3. The molecular weight excluding hydrogens is 340 g/mol. The SMILES string of the molecule is Cc1nccc(CN2CCCC2Cn2nc(-c3ccncc3)ccc2=O)n1. The lowest BCUT2D eigenvalue weighted by Crippen LogP contribution is -2.36. The molecule has 0 amide bonds. The van der Waals surface area contributed by atoms with E-state index in [1.165, 1.54) is 0 Å². The highest BCUT2D eigenvalue weighted by molar-refractivity contribution is 5.56. The van der Waals surface area contributed by atoms with Crippen molar-refractivity contribution in [3.8, 4) is 11.3 Å². The number of likely N-dealkylation sites (tertiary alicyclic amines) is 1. The summed E-state index contributed by atoms with van der Waals surface area (Å²) < 4.78 is 1.59. The minimum Gasteiger partial charge on any atom is -0.293 e. The molecule has 3 aromatic heterocycles. The van der Waals surface area contributed by atoms with E-state index in [-0.39, 0.29) is 11.6 Å². The molecule has 4 heterocycles. The summed E-state index contributed by atoms with van der Waals surface area (Å²) >= 11 is 0. The lowest BCUT2D eigenvalue weighted by atomic mass is 10.2. The molecule has 1 aliphatic heterocycles. The molecule has 0 aromatic carbocycles. The lowest BCUT2D eigenvalue weighted by Gasteiger charge is -2.24. The summed E-state index contributed by atoms with van der Waals surface area (Å²) in [5, 5.41) is 4.59. The Morgan fingerprint density at radius 2 is 1.96 bits per heavy atom. The highest BCUT2D eigenvalue weighted by Gasteiger charge is 2.26. The first kappa shape index (κ1) is 17.5. The van der Waals surface area contributed by atoms with Gasteiger partial charge in [0.25, 0.3) is 5.56 Å². The largest absolute Gasteiger partial charge is 0.293 e. The van der Waals surface area contributed by atoms with Gasteiger partial charge in [-0.15, -0.1) is 0 Å². The first-order valence-corrected chi connectivity index (χ1v) is 9.20. The zero-order chi connectivity index (χ0) is 18.6. The van der Waals surface area contributed by atoms with Gasteiger partial charge in [0.1, 0.15) is 5.82 Å². The van der Waals surface area contributed by atoms with Gasteiger partial charge in [0.05, 0.1) is 17.9 Å². The Bertz CT molecular complexity index is 971. The van der Waals surface area contributed by atoms with E-state index in [9.17, 15) is 4.79 Å². The molecule has 1 atom stereocenters. The van der Waals surface area contributed by atoms with Crippen molar-refractivity contribution in [2.24, 2.45) is 0 Å². The van der Waals surface area contributed by atoms with Crippen molar-refractivity contribution in [2.75, 3.05) is 6.54 Å². The molecule has 1 saturated heterocycles. The number of nitrogens with zero attached hydrogens (tertiary/aromatic N) is 6. The van der Waals surface area contributed by atoms with E-state index in [2.05, 4.69) is 25.0 Å². The van der Waals surface area contributed by atoms with Crippen LogP contribution in [0.25, 0.3) is 11.3 Å². The highest BCUT2D eigenvalue weighted by Crippen LogP contribution is 2.21. The Hall–Kier alpha value is -2.93. The average molecular weight is 362 g/mol. The molecule has 7 nitrogen and oxygen atoms in total. The van der Waals surface area contributed by atoms with Gasteiger partial charge in [-0.3, -0.25) is 14.7 Å². The molecule has 0 saturated carbocycles. The molecular formula is C20H22N6O. The van der Waals surface area contributed by atoms with Gasteiger partial charge in [-0.25, -0.2) is 14.6 Å². The van der Waals surface area contributed by atoms with Crippen LogP contribution in [0.4, 0.5) is 0 Å². The van der Waals surface area contributed by atoms with Crippen LogP contribution in [0.3, 0.4) is 0 Å². The molecule has 0 radical (unpaired) electrons. The van der Waals surface area contributed by atoms with Crippen molar-refractivity contribution in [3.05, 3.63) is 70.8 Å². The van der Waals surface area contributed by atoms with Crippen molar-refractivity contribution in [1.82, 2.24) is 29.6 Å². The number of hydrogen-bond donors (Lipinski definition) is 0. The maximum absolute atomic E-state index is 12.3. The normalized spacial score (nSPS) is 17.3. The van der Waals surface area contributed by atoms with Crippen LogP contribution in [0, 0.1) is 6.92 Å². The second-order valence-corrected chi connectivity index (χ2v) is 6.84. The highest BCUT2D eigenvalue weighted by atomic mass is 16.1. The Morgan fingerprint density at radius 3 is 2.78 bits per heavy atom. The van der Waals surface area contributed by atoms with Gasteiger partial charge in [0, 0.05) is 42.8 Å². The van der Waals surface area contributed by atoms with Gasteiger partial charge >= 0.3 is 0 Å². The Balaban J connectivity index is 1.53. The predicted octanol–water partition coefficient (Wildman–Crippen LogP) is 2.07. The summed E-state index contributed by atoms with van der Waals surface area (Å²) in [6.45, 7) is 4.26. The van der Waals surface area contributed by atoms with E-state index in [1.807, 2.05) is 25.1 Å². The van der Waals surface area contributed by atoms with Crippen LogP contribution in [0.5, 0.6) is 0 Å². The van der Waals surface area contributed by atoms with Crippen LogP contribution < -0.4 is 5.56 Å². The first-order valence-electron chi connectivity index (χ1n) is 9.20. The van der Waals surface area contributed by atoms with Gasteiger partial charge in [0.15, 0.2) is 0 Å². The molecule has 0 aliphatic carbocycles. The van der Waals surface area contributed by atoms with Crippen LogP contribution in [0.2, 0.25) is 0 Å². The number of aryl methyl sites for hydroxylation is 1. The van der Waals surface area contributed by atoms with E-state index >= 15 is 0 Å². The van der Waals surface area contributed by atoms with E-state index in [4.69, 9.17) is 0 Å². The molecule has 27 heavy (non-hydrogen) atoms. The molecule has 0 bridgehead atoms. The fourth-order valence-electron chi connectivity index (χ4n) is 3.57. The molecule has 4 rings (SSSR count). The van der Waals surface area contributed by atoms with Gasteiger partial charge < -0.3 is 0 Å². The molecule has 0 spiro atoms. The summed E-state index contributed by atoms with van der Waals surface area (Å²) in [7, 11) is 0. The second kappa shape index (κ2) is 7.75. The smallest absolute Gasteiger partial charge is 0.266 e. The number of hydrogen-bond acceptors (Lipinski definition) is 6. The third kappa shape index (κ3) is 4.09. The summed E-state index contributed by atoms with van der Waals surface area (Å²) in [6, 6.07) is 9.39. The van der Waals surface area contributed by atoms with Crippen molar-refractivity contribution < 1.29 is 0 Å². The molecule has 3 aromatic rings. The van der Waals surface area contributed by atoms with Gasteiger partial charge in [-0.05, 0) is 50.6 Å². The standard InChI is InChI=1S/C20H22N6O/c1-15-22-11-8-17(23-15)13-25-12-2-3-18(25)14-26-20(27)5-4-19(24-26)16-6-9-21-10-7-16/h4-11,18H,2-3,12-14H2,1H3. The van der Waals surface area contributed by atoms with Crippen LogP contribution in [-0.4, -0.2) is 42.2 Å².